The van der Waals surface area contributed by atoms with Crippen LogP contribution in [0.3, 0.4) is 0 Å². The van der Waals surface area contributed by atoms with Crippen molar-refractivity contribution in [3.63, 3.8) is 0 Å². The Morgan fingerprint density at radius 3 is 2.47 bits per heavy atom. The largest absolute Gasteiger partial charge is 0.480 e. The van der Waals surface area contributed by atoms with E-state index in [2.05, 4.69) is 26.6 Å². The zero-order valence-corrected chi connectivity index (χ0v) is 11.2. The number of amides is 2. The van der Waals surface area contributed by atoms with Gasteiger partial charge in [0.05, 0.1) is 12.1 Å². The van der Waals surface area contributed by atoms with E-state index in [0.29, 0.717) is 4.47 Å². The first-order valence-electron chi connectivity index (χ1n) is 5.12. The van der Waals surface area contributed by atoms with Crippen LogP contribution in [0.2, 0.25) is 0 Å². The van der Waals surface area contributed by atoms with Crippen LogP contribution in [0, 0.1) is 5.82 Å². The quantitative estimate of drug-likeness (QED) is 0.732. The van der Waals surface area contributed by atoms with Gasteiger partial charge in [-0.25, -0.2) is 4.39 Å². The molecule has 0 heterocycles. The van der Waals surface area contributed by atoms with Crippen LogP contribution < -0.4 is 10.6 Å². The number of benzene rings is 1. The van der Waals surface area contributed by atoms with Gasteiger partial charge in [0, 0.05) is 4.47 Å². The summed E-state index contributed by atoms with van der Waals surface area (Å²) in [6.45, 7) is -0.969. The molecule has 0 radical (unpaired) electrons. The number of carbonyl (C=O) groups is 3. The van der Waals surface area contributed by atoms with Crippen molar-refractivity contribution in [2.45, 2.75) is 0 Å². The highest BCUT2D eigenvalue weighted by Gasteiger charge is 2.13. The Balaban J connectivity index is 2.51. The minimum absolute atomic E-state index is 0.200. The highest BCUT2D eigenvalue weighted by molar-refractivity contribution is 9.10. The monoisotopic (exact) mass is 332 g/mol. The molecule has 0 aliphatic heterocycles. The van der Waals surface area contributed by atoms with Gasteiger partial charge in [-0.05, 0) is 18.2 Å². The van der Waals surface area contributed by atoms with Crippen LogP contribution in [0.1, 0.15) is 10.4 Å². The van der Waals surface area contributed by atoms with Crippen LogP contribution in [0.15, 0.2) is 22.7 Å². The van der Waals surface area contributed by atoms with Gasteiger partial charge in [0.15, 0.2) is 0 Å². The van der Waals surface area contributed by atoms with Crippen LogP contribution in [0.25, 0.3) is 0 Å². The number of aliphatic carboxylic acids is 1. The predicted molar refractivity (Wildman–Crippen MR) is 67.1 cm³/mol. The number of hydrogen-bond acceptors (Lipinski definition) is 3. The van der Waals surface area contributed by atoms with Crippen molar-refractivity contribution >= 4 is 33.7 Å². The summed E-state index contributed by atoms with van der Waals surface area (Å²) >= 11 is 3.05. The average molecular weight is 333 g/mol. The first-order valence-corrected chi connectivity index (χ1v) is 5.91. The van der Waals surface area contributed by atoms with E-state index in [1.54, 1.807) is 0 Å². The van der Waals surface area contributed by atoms with Crippen molar-refractivity contribution in [2.24, 2.45) is 0 Å². The minimum Gasteiger partial charge on any atom is -0.480 e. The number of nitrogens with one attached hydrogen (secondary N) is 2. The van der Waals surface area contributed by atoms with Crippen molar-refractivity contribution in [3.8, 4) is 0 Å². The van der Waals surface area contributed by atoms with Crippen LogP contribution in [0.4, 0.5) is 4.39 Å². The molecule has 1 rings (SSSR count). The maximum absolute atomic E-state index is 13.4. The molecule has 2 amide bonds. The normalized spacial score (nSPS) is 9.79. The zero-order chi connectivity index (χ0) is 14.4. The summed E-state index contributed by atoms with van der Waals surface area (Å²) in [5.41, 5.74) is -0.200. The molecule has 19 heavy (non-hydrogen) atoms. The van der Waals surface area contributed by atoms with Crippen molar-refractivity contribution in [3.05, 3.63) is 34.1 Å². The number of halogens is 2. The predicted octanol–water partition coefficient (Wildman–Crippen LogP) is 0.519. The smallest absolute Gasteiger partial charge is 0.322 e. The van der Waals surface area contributed by atoms with E-state index in [1.165, 1.54) is 12.1 Å². The molecule has 0 atom stereocenters. The van der Waals surface area contributed by atoms with Gasteiger partial charge in [-0.3, -0.25) is 14.4 Å². The number of carboxylic acid groups (broad SMARTS) is 1. The molecule has 102 valence electrons. The van der Waals surface area contributed by atoms with Gasteiger partial charge >= 0.3 is 5.97 Å². The topological polar surface area (TPSA) is 95.5 Å². The number of hydrogen-bond donors (Lipinski definition) is 3. The van der Waals surface area contributed by atoms with Gasteiger partial charge in [-0.2, -0.15) is 0 Å². The molecule has 0 aliphatic carbocycles. The van der Waals surface area contributed by atoms with Crippen molar-refractivity contribution in [2.75, 3.05) is 13.1 Å². The number of carbonyl (C=O) groups excluding carboxylic acids is 2. The van der Waals surface area contributed by atoms with Crippen molar-refractivity contribution < 1.29 is 23.9 Å². The first-order chi connectivity index (χ1) is 8.90. The van der Waals surface area contributed by atoms with E-state index < -0.39 is 36.7 Å². The third-order valence-electron chi connectivity index (χ3n) is 2.02. The number of carboxylic acids is 1. The van der Waals surface area contributed by atoms with Gasteiger partial charge in [0.1, 0.15) is 12.4 Å². The molecule has 3 N–H and O–H groups in total. The second-order valence-electron chi connectivity index (χ2n) is 3.48. The van der Waals surface area contributed by atoms with Crippen molar-refractivity contribution in [1.82, 2.24) is 10.6 Å². The third kappa shape index (κ3) is 5.04. The highest BCUT2D eigenvalue weighted by Crippen LogP contribution is 2.14. The summed E-state index contributed by atoms with van der Waals surface area (Å²) in [6.07, 6.45) is 0. The molecule has 6 nitrogen and oxygen atoms in total. The lowest BCUT2D eigenvalue weighted by Gasteiger charge is -2.06. The number of rotatable bonds is 5. The van der Waals surface area contributed by atoms with Gasteiger partial charge in [0.25, 0.3) is 5.91 Å². The molecule has 0 aliphatic rings. The van der Waals surface area contributed by atoms with Gasteiger partial charge in [0.2, 0.25) is 5.91 Å². The molecule has 1 aromatic rings. The highest BCUT2D eigenvalue weighted by atomic mass is 79.9. The molecule has 0 spiro atoms. The molecule has 0 aromatic heterocycles. The molecule has 0 unspecified atom stereocenters. The molecular formula is C11H10BrFN2O4. The summed E-state index contributed by atoms with van der Waals surface area (Å²) in [4.78, 5) is 32.9. The van der Waals surface area contributed by atoms with Crippen LogP contribution in [-0.2, 0) is 9.59 Å². The summed E-state index contributed by atoms with van der Waals surface area (Å²) in [5, 5.41) is 12.6. The van der Waals surface area contributed by atoms with Gasteiger partial charge in [-0.15, -0.1) is 0 Å². The molecule has 8 heteroatoms. The summed E-state index contributed by atoms with van der Waals surface area (Å²) in [5.74, 6) is -3.35. The standard InChI is InChI=1S/C11H10BrFN2O4/c12-6-1-2-7(8(13)3-6)11(19)15-4-9(16)14-5-10(17)18/h1-3H,4-5H2,(H,14,16)(H,15,19)(H,17,18). The Kier molecular flexibility index (Phi) is 5.43. The molecular weight excluding hydrogens is 323 g/mol. The summed E-state index contributed by atoms with van der Waals surface area (Å²) < 4.78 is 13.9. The van der Waals surface area contributed by atoms with E-state index >= 15 is 0 Å². The summed E-state index contributed by atoms with van der Waals surface area (Å²) in [7, 11) is 0. The van der Waals surface area contributed by atoms with Gasteiger partial charge < -0.3 is 15.7 Å². The second-order valence-corrected chi connectivity index (χ2v) is 4.39. The van der Waals surface area contributed by atoms with E-state index in [1.807, 2.05) is 0 Å². The lowest BCUT2D eigenvalue weighted by molar-refractivity contribution is -0.137. The lowest BCUT2D eigenvalue weighted by atomic mass is 10.2. The Bertz CT molecular complexity index is 521. The maximum atomic E-state index is 13.4. The summed E-state index contributed by atoms with van der Waals surface area (Å²) in [6, 6.07) is 3.88. The lowest BCUT2D eigenvalue weighted by Crippen LogP contribution is -2.39. The average Bonchev–Trinajstić information content (AvgIpc) is 2.33. The Morgan fingerprint density at radius 1 is 1.21 bits per heavy atom. The molecule has 0 saturated heterocycles. The van der Waals surface area contributed by atoms with Crippen LogP contribution in [0.5, 0.6) is 0 Å². The molecule has 1 aromatic carbocycles. The fourth-order valence-corrected chi connectivity index (χ4v) is 1.50. The first kappa shape index (κ1) is 15.1. The van der Waals surface area contributed by atoms with Crippen LogP contribution in [-0.4, -0.2) is 36.0 Å². The SMILES string of the molecule is O=C(O)CNC(=O)CNC(=O)c1ccc(Br)cc1F. The minimum atomic E-state index is -1.20. The maximum Gasteiger partial charge on any atom is 0.322 e. The Morgan fingerprint density at radius 2 is 1.89 bits per heavy atom. The van der Waals surface area contributed by atoms with Gasteiger partial charge in [-0.1, -0.05) is 15.9 Å². The fraction of sp³-hybridized carbons (Fsp3) is 0.182. The molecule has 0 saturated carbocycles. The van der Waals surface area contributed by atoms with E-state index in [-0.39, 0.29) is 5.56 Å². The Hall–Kier alpha value is -1.96. The van der Waals surface area contributed by atoms with E-state index in [9.17, 15) is 18.8 Å². The second kappa shape index (κ2) is 6.83. The van der Waals surface area contributed by atoms with E-state index in [0.717, 1.165) is 6.07 Å². The third-order valence-corrected chi connectivity index (χ3v) is 2.52. The fourth-order valence-electron chi connectivity index (χ4n) is 1.17. The van der Waals surface area contributed by atoms with Crippen LogP contribution >= 0.6 is 15.9 Å². The molecule has 0 fully saturated rings. The Labute approximate surface area is 116 Å². The molecule has 0 bridgehead atoms. The zero-order valence-electron chi connectivity index (χ0n) is 9.57. The van der Waals surface area contributed by atoms with Crippen molar-refractivity contribution in [1.29, 1.82) is 0 Å². The van der Waals surface area contributed by atoms with E-state index in [4.69, 9.17) is 5.11 Å².